The normalized spacial score (nSPS) is 24.0. The van der Waals surface area contributed by atoms with Gasteiger partial charge >= 0.3 is 11.9 Å². The van der Waals surface area contributed by atoms with Crippen LogP contribution in [0.4, 0.5) is 0 Å². The lowest BCUT2D eigenvalue weighted by molar-refractivity contribution is -0.141. The van der Waals surface area contributed by atoms with Gasteiger partial charge in [0.1, 0.15) is 0 Å². The Balaban J connectivity index is 2.28. The molecule has 1 saturated carbocycles. The molecule has 0 radical (unpaired) electrons. The van der Waals surface area contributed by atoms with Crippen LogP contribution in [0.2, 0.25) is 0 Å². The topological polar surface area (TPSA) is 104 Å². The number of hydrogen-bond acceptors (Lipinski definition) is 3. The van der Waals surface area contributed by atoms with Crippen LogP contribution < -0.4 is 5.32 Å². The van der Waals surface area contributed by atoms with Crippen LogP contribution in [0.3, 0.4) is 0 Å². The second-order valence-corrected chi connectivity index (χ2v) is 3.98. The molecule has 6 heteroatoms. The molecule has 1 aliphatic carbocycles. The standard InChI is InChI=1S/C10H15NO5/c12-8(13)3-4-11-9(14)6-1-2-7(5-6)10(15)16/h6-7H,1-5H2,(H,11,14)(H,12,13)(H,15,16)/t6-,7+/m1/s1. The summed E-state index contributed by atoms with van der Waals surface area (Å²) in [7, 11) is 0. The number of hydrogen-bond donors (Lipinski definition) is 3. The molecule has 0 aromatic heterocycles. The molecular weight excluding hydrogens is 214 g/mol. The van der Waals surface area contributed by atoms with Crippen LogP contribution in [0.1, 0.15) is 25.7 Å². The number of rotatable bonds is 5. The summed E-state index contributed by atoms with van der Waals surface area (Å²) in [5.74, 6) is -2.77. The molecule has 6 nitrogen and oxygen atoms in total. The van der Waals surface area contributed by atoms with Crippen LogP contribution in [0.15, 0.2) is 0 Å². The van der Waals surface area contributed by atoms with Gasteiger partial charge in [-0.3, -0.25) is 14.4 Å². The molecular formula is C10H15NO5. The molecule has 0 aromatic carbocycles. The van der Waals surface area contributed by atoms with E-state index in [1.165, 1.54) is 0 Å². The van der Waals surface area contributed by atoms with Gasteiger partial charge in [0.2, 0.25) is 5.91 Å². The maximum Gasteiger partial charge on any atom is 0.306 e. The van der Waals surface area contributed by atoms with Crippen molar-refractivity contribution >= 4 is 17.8 Å². The van der Waals surface area contributed by atoms with E-state index >= 15 is 0 Å². The van der Waals surface area contributed by atoms with Gasteiger partial charge in [0.15, 0.2) is 0 Å². The maximum absolute atomic E-state index is 11.5. The summed E-state index contributed by atoms with van der Waals surface area (Å²) in [4.78, 5) is 32.4. The van der Waals surface area contributed by atoms with E-state index in [1.54, 1.807) is 0 Å². The summed E-state index contributed by atoms with van der Waals surface area (Å²) in [6.45, 7) is 0.0996. The Kier molecular flexibility index (Phi) is 4.28. The first-order chi connectivity index (χ1) is 7.50. The van der Waals surface area contributed by atoms with E-state index in [1.807, 2.05) is 0 Å². The van der Waals surface area contributed by atoms with E-state index < -0.39 is 17.9 Å². The molecule has 1 rings (SSSR count). The fourth-order valence-corrected chi connectivity index (χ4v) is 1.88. The van der Waals surface area contributed by atoms with Crippen molar-refractivity contribution in [2.45, 2.75) is 25.7 Å². The SMILES string of the molecule is O=C(O)CCNC(=O)[C@@H]1CC[C@H](C(=O)O)C1. The van der Waals surface area contributed by atoms with Gasteiger partial charge in [-0.15, -0.1) is 0 Å². The second-order valence-electron chi connectivity index (χ2n) is 3.98. The lowest BCUT2D eigenvalue weighted by Crippen LogP contribution is -2.31. The quantitative estimate of drug-likeness (QED) is 0.619. The summed E-state index contributed by atoms with van der Waals surface area (Å²) < 4.78 is 0. The van der Waals surface area contributed by atoms with Gasteiger partial charge in [0, 0.05) is 12.5 Å². The zero-order chi connectivity index (χ0) is 12.1. The number of carboxylic acid groups (broad SMARTS) is 2. The van der Waals surface area contributed by atoms with Crippen molar-refractivity contribution in [3.63, 3.8) is 0 Å². The second kappa shape index (κ2) is 5.48. The monoisotopic (exact) mass is 229 g/mol. The third-order valence-corrected chi connectivity index (χ3v) is 2.79. The molecule has 0 saturated heterocycles. The Morgan fingerprint density at radius 2 is 1.75 bits per heavy atom. The average Bonchev–Trinajstić information content (AvgIpc) is 2.65. The van der Waals surface area contributed by atoms with Crippen LogP contribution >= 0.6 is 0 Å². The van der Waals surface area contributed by atoms with Gasteiger partial charge in [-0.2, -0.15) is 0 Å². The van der Waals surface area contributed by atoms with E-state index in [4.69, 9.17) is 10.2 Å². The zero-order valence-corrected chi connectivity index (χ0v) is 8.81. The first kappa shape index (κ1) is 12.5. The molecule has 90 valence electrons. The minimum atomic E-state index is -0.963. The molecule has 1 amide bonds. The highest BCUT2D eigenvalue weighted by atomic mass is 16.4. The Morgan fingerprint density at radius 1 is 1.12 bits per heavy atom. The molecule has 0 aromatic rings. The van der Waals surface area contributed by atoms with Crippen molar-refractivity contribution in [3.8, 4) is 0 Å². The summed E-state index contributed by atoms with van der Waals surface area (Å²) >= 11 is 0. The Hall–Kier alpha value is -1.59. The van der Waals surface area contributed by atoms with Crippen LogP contribution in [-0.2, 0) is 14.4 Å². The van der Waals surface area contributed by atoms with Crippen molar-refractivity contribution in [2.24, 2.45) is 11.8 Å². The third-order valence-electron chi connectivity index (χ3n) is 2.79. The summed E-state index contributed by atoms with van der Waals surface area (Å²) in [5.41, 5.74) is 0. The lowest BCUT2D eigenvalue weighted by Gasteiger charge is -2.09. The Bertz CT molecular complexity index is 302. The van der Waals surface area contributed by atoms with Gasteiger partial charge in [-0.1, -0.05) is 0 Å². The largest absolute Gasteiger partial charge is 0.481 e. The van der Waals surface area contributed by atoms with Gasteiger partial charge in [-0.25, -0.2) is 0 Å². The first-order valence-electron chi connectivity index (χ1n) is 5.23. The van der Waals surface area contributed by atoms with E-state index in [-0.39, 0.29) is 24.8 Å². The van der Waals surface area contributed by atoms with Crippen molar-refractivity contribution < 1.29 is 24.6 Å². The van der Waals surface area contributed by atoms with E-state index in [0.29, 0.717) is 19.3 Å². The minimum absolute atomic E-state index is 0.0996. The van der Waals surface area contributed by atoms with Gasteiger partial charge < -0.3 is 15.5 Å². The molecule has 0 aliphatic heterocycles. The van der Waals surface area contributed by atoms with Crippen molar-refractivity contribution in [2.75, 3.05) is 6.54 Å². The Labute approximate surface area is 92.6 Å². The minimum Gasteiger partial charge on any atom is -0.481 e. The number of carboxylic acids is 2. The van der Waals surface area contributed by atoms with Crippen molar-refractivity contribution in [1.29, 1.82) is 0 Å². The molecule has 0 bridgehead atoms. The molecule has 0 spiro atoms. The maximum atomic E-state index is 11.5. The van der Waals surface area contributed by atoms with Crippen molar-refractivity contribution in [1.82, 2.24) is 5.32 Å². The number of nitrogens with one attached hydrogen (secondary N) is 1. The smallest absolute Gasteiger partial charge is 0.306 e. The fraction of sp³-hybridized carbons (Fsp3) is 0.700. The molecule has 0 unspecified atom stereocenters. The predicted molar refractivity (Wildman–Crippen MR) is 53.7 cm³/mol. The van der Waals surface area contributed by atoms with Crippen LogP contribution in [0, 0.1) is 11.8 Å². The number of aliphatic carboxylic acids is 2. The predicted octanol–water partition coefficient (Wildman–Crippen LogP) is 0.0782. The molecule has 0 heterocycles. The zero-order valence-electron chi connectivity index (χ0n) is 8.81. The number of amides is 1. The number of carbonyl (C=O) groups is 3. The highest BCUT2D eigenvalue weighted by molar-refractivity contribution is 5.81. The van der Waals surface area contributed by atoms with Crippen molar-refractivity contribution in [3.05, 3.63) is 0 Å². The van der Waals surface area contributed by atoms with E-state index in [2.05, 4.69) is 5.32 Å². The molecule has 16 heavy (non-hydrogen) atoms. The molecule has 1 fully saturated rings. The van der Waals surface area contributed by atoms with Gasteiger partial charge in [0.25, 0.3) is 0 Å². The van der Waals surface area contributed by atoms with Crippen LogP contribution in [-0.4, -0.2) is 34.6 Å². The summed E-state index contributed by atoms with van der Waals surface area (Å²) in [6, 6.07) is 0. The van der Waals surface area contributed by atoms with Crippen LogP contribution in [0.5, 0.6) is 0 Å². The summed E-state index contributed by atoms with van der Waals surface area (Å²) in [5, 5.41) is 19.6. The van der Waals surface area contributed by atoms with E-state index in [9.17, 15) is 14.4 Å². The lowest BCUT2D eigenvalue weighted by atomic mass is 10.0. The third kappa shape index (κ3) is 3.52. The van der Waals surface area contributed by atoms with Gasteiger partial charge in [-0.05, 0) is 19.3 Å². The molecule has 3 N–H and O–H groups in total. The molecule has 2 atom stereocenters. The summed E-state index contributed by atoms with van der Waals surface area (Å²) in [6.07, 6.45) is 1.33. The average molecular weight is 229 g/mol. The highest BCUT2D eigenvalue weighted by Gasteiger charge is 2.33. The van der Waals surface area contributed by atoms with Crippen LogP contribution in [0.25, 0.3) is 0 Å². The number of carbonyl (C=O) groups excluding carboxylic acids is 1. The Morgan fingerprint density at radius 3 is 2.25 bits per heavy atom. The van der Waals surface area contributed by atoms with Gasteiger partial charge in [0.05, 0.1) is 12.3 Å². The first-order valence-corrected chi connectivity index (χ1v) is 5.23. The highest BCUT2D eigenvalue weighted by Crippen LogP contribution is 2.30. The fourth-order valence-electron chi connectivity index (χ4n) is 1.88. The molecule has 1 aliphatic rings. The van der Waals surface area contributed by atoms with E-state index in [0.717, 1.165) is 0 Å².